The first kappa shape index (κ1) is 16.8. The normalized spacial score (nSPS) is 10.5. The van der Waals surface area contributed by atoms with Gasteiger partial charge in [0.2, 0.25) is 0 Å². The van der Waals surface area contributed by atoms with E-state index in [-0.39, 0.29) is 19.3 Å². The number of amides is 2. The Hall–Kier alpha value is -2.22. The van der Waals surface area contributed by atoms with Gasteiger partial charge in [-0.25, -0.2) is 18.4 Å². The van der Waals surface area contributed by atoms with Crippen LogP contribution in [0.1, 0.15) is 24.2 Å². The summed E-state index contributed by atoms with van der Waals surface area (Å²) in [5.41, 5.74) is -1.15. The molecule has 6 nitrogen and oxygen atoms in total. The zero-order valence-electron chi connectivity index (χ0n) is 11.6. The van der Waals surface area contributed by atoms with E-state index in [1.807, 2.05) is 13.8 Å². The van der Waals surface area contributed by atoms with Gasteiger partial charge in [0.05, 0.1) is 24.0 Å². The summed E-state index contributed by atoms with van der Waals surface area (Å²) in [6.45, 7) is 4.14. The summed E-state index contributed by atoms with van der Waals surface area (Å²) in [7, 11) is 0. The lowest BCUT2D eigenvalue weighted by molar-refractivity contribution is 0.0691. The van der Waals surface area contributed by atoms with Crippen molar-refractivity contribution >= 4 is 17.7 Å². The third-order valence-electron chi connectivity index (χ3n) is 2.37. The van der Waals surface area contributed by atoms with Crippen molar-refractivity contribution in [1.29, 1.82) is 0 Å². The molecule has 3 N–H and O–H groups in total. The number of rotatable bonds is 6. The van der Waals surface area contributed by atoms with Crippen molar-refractivity contribution < 1.29 is 28.2 Å². The molecule has 0 spiro atoms. The highest BCUT2D eigenvalue weighted by atomic mass is 19.1. The minimum Gasteiger partial charge on any atom is -0.478 e. The third kappa shape index (κ3) is 5.35. The van der Waals surface area contributed by atoms with E-state index in [9.17, 15) is 18.4 Å². The molecule has 21 heavy (non-hydrogen) atoms. The summed E-state index contributed by atoms with van der Waals surface area (Å²) in [6, 6.07) is 0.377. The van der Waals surface area contributed by atoms with Crippen LogP contribution in [0.5, 0.6) is 0 Å². The van der Waals surface area contributed by atoms with Gasteiger partial charge in [-0.05, 0) is 19.9 Å². The maximum atomic E-state index is 13.4. The van der Waals surface area contributed by atoms with E-state index in [4.69, 9.17) is 9.84 Å². The molecule has 0 bridgehead atoms. The van der Waals surface area contributed by atoms with Crippen LogP contribution >= 0.6 is 0 Å². The zero-order chi connectivity index (χ0) is 16.0. The fourth-order valence-corrected chi connectivity index (χ4v) is 1.43. The Morgan fingerprint density at radius 1 is 1.29 bits per heavy atom. The van der Waals surface area contributed by atoms with Gasteiger partial charge in [-0.2, -0.15) is 0 Å². The van der Waals surface area contributed by atoms with E-state index in [1.165, 1.54) is 0 Å². The first-order valence-electron chi connectivity index (χ1n) is 6.20. The molecule has 0 aliphatic carbocycles. The highest BCUT2D eigenvalue weighted by Gasteiger charge is 2.16. The molecule has 1 aromatic carbocycles. The number of aromatic carboxylic acids is 1. The van der Waals surface area contributed by atoms with Crippen molar-refractivity contribution in [2.75, 3.05) is 18.5 Å². The van der Waals surface area contributed by atoms with Gasteiger partial charge in [0.1, 0.15) is 11.6 Å². The van der Waals surface area contributed by atoms with Gasteiger partial charge in [0.25, 0.3) is 0 Å². The van der Waals surface area contributed by atoms with Crippen molar-refractivity contribution in [1.82, 2.24) is 5.32 Å². The maximum Gasteiger partial charge on any atom is 0.338 e. The Bertz CT molecular complexity index is 535. The zero-order valence-corrected chi connectivity index (χ0v) is 11.6. The van der Waals surface area contributed by atoms with Crippen LogP contribution in [0.25, 0.3) is 0 Å². The number of carbonyl (C=O) groups is 2. The van der Waals surface area contributed by atoms with Crippen molar-refractivity contribution in [2.24, 2.45) is 0 Å². The molecule has 0 saturated carbocycles. The third-order valence-corrected chi connectivity index (χ3v) is 2.37. The lowest BCUT2D eigenvalue weighted by atomic mass is 10.2. The van der Waals surface area contributed by atoms with E-state index >= 15 is 0 Å². The van der Waals surface area contributed by atoms with Crippen molar-refractivity contribution in [2.45, 2.75) is 20.0 Å². The monoisotopic (exact) mass is 302 g/mol. The lowest BCUT2D eigenvalue weighted by Gasteiger charge is -2.11. The van der Waals surface area contributed by atoms with Crippen LogP contribution in [-0.2, 0) is 4.74 Å². The number of carboxylic acids is 1. The minimum atomic E-state index is -1.55. The van der Waals surface area contributed by atoms with E-state index in [0.717, 1.165) is 6.07 Å². The molecule has 2 amide bonds. The first-order valence-corrected chi connectivity index (χ1v) is 6.20. The molecule has 0 aliphatic rings. The molecule has 0 aliphatic heterocycles. The Morgan fingerprint density at radius 3 is 2.52 bits per heavy atom. The van der Waals surface area contributed by atoms with Crippen LogP contribution in [0.15, 0.2) is 12.1 Å². The Labute approximate surface area is 120 Å². The molecule has 0 aromatic heterocycles. The molecule has 0 atom stereocenters. The van der Waals surface area contributed by atoms with Crippen LogP contribution in [0, 0.1) is 11.6 Å². The van der Waals surface area contributed by atoms with Crippen LogP contribution in [-0.4, -0.2) is 36.4 Å². The summed E-state index contributed by atoms with van der Waals surface area (Å²) >= 11 is 0. The minimum absolute atomic E-state index is 0.0162. The van der Waals surface area contributed by atoms with E-state index in [0.29, 0.717) is 6.07 Å². The number of halogens is 2. The molecule has 0 unspecified atom stereocenters. The summed E-state index contributed by atoms with van der Waals surface area (Å²) in [6.07, 6.45) is 0.0162. The SMILES string of the molecule is CC(C)OCCNC(=O)Nc1cc(C(=O)O)c(F)cc1F. The van der Waals surface area contributed by atoms with E-state index in [2.05, 4.69) is 10.6 Å². The molecule has 0 saturated heterocycles. The molecule has 0 fully saturated rings. The van der Waals surface area contributed by atoms with Crippen molar-refractivity contribution in [3.05, 3.63) is 29.3 Å². The van der Waals surface area contributed by atoms with E-state index < -0.39 is 34.9 Å². The fourth-order valence-electron chi connectivity index (χ4n) is 1.43. The van der Waals surface area contributed by atoms with Crippen LogP contribution in [0.2, 0.25) is 0 Å². The summed E-state index contributed by atoms with van der Waals surface area (Å²) in [5.74, 6) is -3.83. The second kappa shape index (κ2) is 7.53. The number of carbonyl (C=O) groups excluding carboxylic acids is 1. The first-order chi connectivity index (χ1) is 9.81. The number of benzene rings is 1. The van der Waals surface area contributed by atoms with Crippen LogP contribution in [0.4, 0.5) is 19.3 Å². The quantitative estimate of drug-likeness (QED) is 0.703. The number of carboxylic acid groups (broad SMARTS) is 1. The molecule has 116 valence electrons. The fraction of sp³-hybridized carbons (Fsp3) is 0.385. The molecular formula is C13H16F2N2O4. The van der Waals surface area contributed by atoms with E-state index in [1.54, 1.807) is 0 Å². The van der Waals surface area contributed by atoms with Crippen LogP contribution in [0.3, 0.4) is 0 Å². The predicted octanol–water partition coefficient (Wildman–Crippen LogP) is 2.21. The van der Waals surface area contributed by atoms with Gasteiger partial charge in [-0.3, -0.25) is 0 Å². The molecule has 1 aromatic rings. The number of hydrogen-bond donors (Lipinski definition) is 3. The largest absolute Gasteiger partial charge is 0.478 e. The predicted molar refractivity (Wildman–Crippen MR) is 71.4 cm³/mol. The topological polar surface area (TPSA) is 87.7 Å². The van der Waals surface area contributed by atoms with Crippen molar-refractivity contribution in [3.8, 4) is 0 Å². The Kier molecular flexibility index (Phi) is 6.04. The summed E-state index contributed by atoms with van der Waals surface area (Å²) < 4.78 is 31.8. The highest BCUT2D eigenvalue weighted by Crippen LogP contribution is 2.19. The number of nitrogens with one attached hydrogen (secondary N) is 2. The molecule has 8 heteroatoms. The van der Waals surface area contributed by atoms with Gasteiger partial charge in [0.15, 0.2) is 0 Å². The Balaban J connectivity index is 2.63. The average Bonchev–Trinajstić information content (AvgIpc) is 2.37. The molecule has 0 heterocycles. The molecule has 1 rings (SSSR count). The number of urea groups is 1. The van der Waals surface area contributed by atoms with Crippen molar-refractivity contribution in [3.63, 3.8) is 0 Å². The standard InChI is InChI=1S/C13H16F2N2O4/c1-7(2)21-4-3-16-13(20)17-11-5-8(12(18)19)9(14)6-10(11)15/h5-7H,3-4H2,1-2H3,(H,18,19)(H2,16,17,20). The van der Waals surface area contributed by atoms with Gasteiger partial charge in [-0.15, -0.1) is 0 Å². The maximum absolute atomic E-state index is 13.4. The smallest absolute Gasteiger partial charge is 0.338 e. The van der Waals surface area contributed by atoms with Gasteiger partial charge in [0, 0.05) is 12.6 Å². The number of hydrogen-bond acceptors (Lipinski definition) is 3. The average molecular weight is 302 g/mol. The lowest BCUT2D eigenvalue weighted by Crippen LogP contribution is -2.32. The second-order valence-corrected chi connectivity index (χ2v) is 4.42. The van der Waals surface area contributed by atoms with Gasteiger partial charge in [-0.1, -0.05) is 0 Å². The Morgan fingerprint density at radius 2 is 1.95 bits per heavy atom. The van der Waals surface area contributed by atoms with Crippen LogP contribution < -0.4 is 10.6 Å². The second-order valence-electron chi connectivity index (χ2n) is 4.42. The van der Waals surface area contributed by atoms with Gasteiger partial charge < -0.3 is 20.5 Å². The number of ether oxygens (including phenoxy) is 1. The summed E-state index contributed by atoms with van der Waals surface area (Å²) in [5, 5.41) is 13.2. The highest BCUT2D eigenvalue weighted by molar-refractivity contribution is 5.93. The van der Waals surface area contributed by atoms with Gasteiger partial charge >= 0.3 is 12.0 Å². The number of anilines is 1. The molecule has 0 radical (unpaired) electrons. The molecular weight excluding hydrogens is 286 g/mol. The summed E-state index contributed by atoms with van der Waals surface area (Å²) in [4.78, 5) is 22.2.